The summed E-state index contributed by atoms with van der Waals surface area (Å²) in [5.74, 6) is 0. The van der Waals surface area contributed by atoms with Gasteiger partial charge in [0.25, 0.3) is 0 Å². The smallest absolute Gasteiger partial charge is 0.387 e. The molecule has 17 heavy (non-hydrogen) atoms. The molecule has 0 saturated heterocycles. The Morgan fingerprint density at radius 1 is 1.47 bits per heavy atom. The number of halogens is 3. The van der Waals surface area contributed by atoms with Gasteiger partial charge in [-0.2, -0.15) is 18.3 Å². The zero-order valence-corrected chi connectivity index (χ0v) is 8.52. The monoisotopic (exact) mass is 246 g/mol. The van der Waals surface area contributed by atoms with E-state index < -0.39 is 18.0 Å². The minimum absolute atomic E-state index is 0.0411. The Bertz CT molecular complexity index is 537. The fraction of sp³-hybridized carbons (Fsp3) is 0.333. The van der Waals surface area contributed by atoms with Crippen LogP contribution in [0.15, 0.2) is 18.5 Å². The van der Waals surface area contributed by atoms with E-state index in [1.807, 2.05) is 0 Å². The highest BCUT2D eigenvalue weighted by molar-refractivity contribution is 5.40. The van der Waals surface area contributed by atoms with Crippen LogP contribution in [0.3, 0.4) is 0 Å². The van der Waals surface area contributed by atoms with Crippen molar-refractivity contribution in [3.05, 3.63) is 29.7 Å². The number of rotatable bonds is 2. The van der Waals surface area contributed by atoms with Gasteiger partial charge < -0.3 is 10.8 Å². The Labute approximate surface area is 93.7 Å². The van der Waals surface area contributed by atoms with Crippen LogP contribution >= 0.6 is 0 Å². The summed E-state index contributed by atoms with van der Waals surface area (Å²) in [6.45, 7) is -0.0411. The number of nitrogens with two attached hydrogens (primary N) is 1. The maximum Gasteiger partial charge on any atom is 0.435 e. The molecular weight excluding hydrogens is 237 g/mol. The van der Waals surface area contributed by atoms with Gasteiger partial charge in [0.1, 0.15) is 0 Å². The molecule has 0 radical (unpaired) electrons. The molecule has 2 rings (SSSR count). The molecule has 0 amide bonds. The molecule has 0 aliphatic carbocycles. The molecule has 92 valence electrons. The van der Waals surface area contributed by atoms with Crippen LogP contribution in [-0.2, 0) is 6.18 Å². The van der Waals surface area contributed by atoms with E-state index in [0.29, 0.717) is 5.56 Å². The summed E-state index contributed by atoms with van der Waals surface area (Å²) in [5, 5.41) is 12.8. The van der Waals surface area contributed by atoms with Gasteiger partial charge in [-0.25, -0.2) is 9.50 Å². The fourth-order valence-electron chi connectivity index (χ4n) is 1.34. The first-order valence-electron chi connectivity index (χ1n) is 4.72. The number of aromatic nitrogens is 3. The summed E-state index contributed by atoms with van der Waals surface area (Å²) in [5.41, 5.74) is 4.59. The molecule has 0 aliphatic rings. The molecule has 0 bridgehead atoms. The summed E-state index contributed by atoms with van der Waals surface area (Å²) in [6.07, 6.45) is -2.94. The molecule has 2 aromatic rings. The number of aliphatic hydroxyl groups excluding tert-OH is 1. The number of hydrogen-bond donors (Lipinski definition) is 2. The van der Waals surface area contributed by atoms with Crippen LogP contribution in [0.2, 0.25) is 0 Å². The van der Waals surface area contributed by atoms with E-state index in [2.05, 4.69) is 10.1 Å². The standard InChI is InChI=1S/C9H9F3N4O/c10-9(11,12)7-1-8-14-3-5(6(17)2-13)4-16(8)15-7/h1,3-4,6,17H,2,13H2. The molecule has 2 heterocycles. The van der Waals surface area contributed by atoms with Gasteiger partial charge in [0, 0.05) is 30.6 Å². The summed E-state index contributed by atoms with van der Waals surface area (Å²) < 4.78 is 38.1. The van der Waals surface area contributed by atoms with Crippen molar-refractivity contribution in [3.63, 3.8) is 0 Å². The van der Waals surface area contributed by atoms with Crippen molar-refractivity contribution in [2.45, 2.75) is 12.3 Å². The third kappa shape index (κ3) is 2.22. The Balaban J connectivity index is 2.48. The van der Waals surface area contributed by atoms with Gasteiger partial charge in [0.15, 0.2) is 11.3 Å². The predicted octanol–water partition coefficient (Wildman–Crippen LogP) is 0.740. The molecule has 0 saturated carbocycles. The SMILES string of the molecule is NCC(O)c1cnc2cc(C(F)(F)F)nn2c1. The van der Waals surface area contributed by atoms with Gasteiger partial charge in [-0.05, 0) is 0 Å². The zero-order chi connectivity index (χ0) is 12.6. The highest BCUT2D eigenvalue weighted by Crippen LogP contribution is 2.28. The number of nitrogens with zero attached hydrogens (tertiary/aromatic N) is 3. The molecule has 3 N–H and O–H groups in total. The van der Waals surface area contributed by atoms with E-state index in [0.717, 1.165) is 10.6 Å². The summed E-state index contributed by atoms with van der Waals surface area (Å²) in [7, 11) is 0. The lowest BCUT2D eigenvalue weighted by molar-refractivity contribution is -0.141. The van der Waals surface area contributed by atoms with Crippen molar-refractivity contribution >= 4 is 5.65 Å². The second-order valence-corrected chi connectivity index (χ2v) is 3.47. The third-order valence-corrected chi connectivity index (χ3v) is 2.23. The Morgan fingerprint density at radius 3 is 2.76 bits per heavy atom. The van der Waals surface area contributed by atoms with Crippen molar-refractivity contribution in [3.8, 4) is 0 Å². The fourth-order valence-corrected chi connectivity index (χ4v) is 1.34. The summed E-state index contributed by atoms with van der Waals surface area (Å²) >= 11 is 0. The van der Waals surface area contributed by atoms with Gasteiger partial charge in [0.2, 0.25) is 0 Å². The molecule has 2 aromatic heterocycles. The average molecular weight is 246 g/mol. The van der Waals surface area contributed by atoms with Gasteiger partial charge in [-0.15, -0.1) is 0 Å². The van der Waals surface area contributed by atoms with Crippen molar-refractivity contribution in [1.82, 2.24) is 14.6 Å². The number of hydrogen-bond acceptors (Lipinski definition) is 4. The molecular formula is C9H9F3N4O. The highest BCUT2D eigenvalue weighted by atomic mass is 19.4. The van der Waals surface area contributed by atoms with Gasteiger partial charge >= 0.3 is 6.18 Å². The quantitative estimate of drug-likeness (QED) is 0.819. The van der Waals surface area contributed by atoms with E-state index in [4.69, 9.17) is 5.73 Å². The average Bonchev–Trinajstić information content (AvgIpc) is 2.70. The zero-order valence-electron chi connectivity index (χ0n) is 8.52. The van der Waals surface area contributed by atoms with E-state index in [-0.39, 0.29) is 12.2 Å². The minimum atomic E-state index is -4.51. The van der Waals surface area contributed by atoms with Crippen molar-refractivity contribution in [1.29, 1.82) is 0 Å². The molecule has 0 aromatic carbocycles. The Hall–Kier alpha value is -1.67. The number of alkyl halides is 3. The third-order valence-electron chi connectivity index (χ3n) is 2.23. The maximum atomic E-state index is 12.4. The van der Waals surface area contributed by atoms with E-state index in [9.17, 15) is 18.3 Å². The lowest BCUT2D eigenvalue weighted by Gasteiger charge is -2.06. The number of fused-ring (bicyclic) bond motifs is 1. The molecule has 8 heteroatoms. The topological polar surface area (TPSA) is 76.4 Å². The highest BCUT2D eigenvalue weighted by Gasteiger charge is 2.34. The first-order valence-corrected chi connectivity index (χ1v) is 4.72. The Kier molecular flexibility index (Phi) is 2.76. The van der Waals surface area contributed by atoms with Crippen LogP contribution in [-0.4, -0.2) is 26.2 Å². The van der Waals surface area contributed by atoms with E-state index in [1.165, 1.54) is 12.4 Å². The van der Waals surface area contributed by atoms with Crippen molar-refractivity contribution < 1.29 is 18.3 Å². The molecule has 1 atom stereocenters. The second kappa shape index (κ2) is 3.97. The van der Waals surface area contributed by atoms with Crippen LogP contribution in [0.1, 0.15) is 17.4 Å². The van der Waals surface area contributed by atoms with Gasteiger partial charge in [-0.3, -0.25) is 0 Å². The largest absolute Gasteiger partial charge is 0.435 e. The lowest BCUT2D eigenvalue weighted by Crippen LogP contribution is -2.12. The molecule has 0 fully saturated rings. The molecule has 0 spiro atoms. The minimum Gasteiger partial charge on any atom is -0.387 e. The second-order valence-electron chi connectivity index (χ2n) is 3.47. The maximum absolute atomic E-state index is 12.4. The predicted molar refractivity (Wildman–Crippen MR) is 52.0 cm³/mol. The normalized spacial score (nSPS) is 14.2. The Morgan fingerprint density at radius 2 is 2.18 bits per heavy atom. The number of aliphatic hydroxyl groups is 1. The van der Waals surface area contributed by atoms with Gasteiger partial charge in [-0.1, -0.05) is 0 Å². The van der Waals surface area contributed by atoms with Crippen LogP contribution in [0.5, 0.6) is 0 Å². The molecule has 0 aliphatic heterocycles. The lowest BCUT2D eigenvalue weighted by atomic mass is 10.2. The summed E-state index contributed by atoms with van der Waals surface area (Å²) in [6, 6.07) is 0.832. The molecule has 5 nitrogen and oxygen atoms in total. The summed E-state index contributed by atoms with van der Waals surface area (Å²) in [4.78, 5) is 3.77. The van der Waals surface area contributed by atoms with Crippen LogP contribution < -0.4 is 5.73 Å². The molecule has 1 unspecified atom stereocenters. The van der Waals surface area contributed by atoms with Gasteiger partial charge in [0.05, 0.1) is 6.10 Å². The van der Waals surface area contributed by atoms with Crippen LogP contribution in [0, 0.1) is 0 Å². The van der Waals surface area contributed by atoms with Crippen LogP contribution in [0.4, 0.5) is 13.2 Å². The first kappa shape index (κ1) is 11.8. The van der Waals surface area contributed by atoms with Crippen LogP contribution in [0.25, 0.3) is 5.65 Å². The van der Waals surface area contributed by atoms with E-state index >= 15 is 0 Å². The van der Waals surface area contributed by atoms with Crippen molar-refractivity contribution in [2.75, 3.05) is 6.54 Å². The first-order chi connectivity index (χ1) is 7.91. The van der Waals surface area contributed by atoms with Crippen molar-refractivity contribution in [2.24, 2.45) is 5.73 Å². The van der Waals surface area contributed by atoms with E-state index in [1.54, 1.807) is 0 Å².